The van der Waals surface area contributed by atoms with Crippen LogP contribution < -0.4 is 5.32 Å². The molecular weight excluding hydrogens is 349 g/mol. The second kappa shape index (κ2) is 7.32. The molecule has 2 N–H and O–H groups in total. The molecule has 140 valence electrons. The molecule has 0 unspecified atom stereocenters. The lowest BCUT2D eigenvalue weighted by Gasteiger charge is -2.32. The highest BCUT2D eigenvalue weighted by Gasteiger charge is 2.23. The Labute approximate surface area is 155 Å². The van der Waals surface area contributed by atoms with E-state index in [0.717, 1.165) is 31.5 Å². The minimum absolute atomic E-state index is 0.0876. The number of amides is 1. The summed E-state index contributed by atoms with van der Waals surface area (Å²) in [5.41, 5.74) is 1.93. The summed E-state index contributed by atoms with van der Waals surface area (Å²) >= 11 is 0. The molecule has 7 nitrogen and oxygen atoms in total. The molecule has 3 aromatic rings. The van der Waals surface area contributed by atoms with Crippen LogP contribution in [0.25, 0.3) is 5.65 Å². The van der Waals surface area contributed by atoms with Gasteiger partial charge in [-0.25, -0.2) is 13.9 Å². The number of phenols is 1. The van der Waals surface area contributed by atoms with E-state index in [4.69, 9.17) is 0 Å². The zero-order valence-electron chi connectivity index (χ0n) is 14.7. The van der Waals surface area contributed by atoms with Gasteiger partial charge < -0.3 is 10.4 Å². The van der Waals surface area contributed by atoms with Crippen molar-refractivity contribution in [3.63, 3.8) is 0 Å². The second-order valence-corrected chi connectivity index (χ2v) is 6.75. The molecule has 2 aromatic heterocycles. The zero-order chi connectivity index (χ0) is 18.8. The van der Waals surface area contributed by atoms with Crippen molar-refractivity contribution in [3.05, 3.63) is 59.8 Å². The van der Waals surface area contributed by atoms with Gasteiger partial charge in [-0.15, -0.1) is 0 Å². The third kappa shape index (κ3) is 3.75. The van der Waals surface area contributed by atoms with Gasteiger partial charge in [-0.2, -0.15) is 5.10 Å². The first-order valence-electron chi connectivity index (χ1n) is 8.89. The molecular formula is C19H20FN5O2. The van der Waals surface area contributed by atoms with Gasteiger partial charge in [0.25, 0.3) is 5.91 Å². The molecule has 0 bridgehead atoms. The lowest BCUT2D eigenvalue weighted by Crippen LogP contribution is -2.44. The van der Waals surface area contributed by atoms with Gasteiger partial charge >= 0.3 is 0 Å². The van der Waals surface area contributed by atoms with Gasteiger partial charge in [-0.1, -0.05) is 6.07 Å². The standard InChI is InChI=1S/C19H20FN5O2/c20-15-4-3-13(10-17(15)26)12-24-8-5-14(6-9-24)23-19(27)16-11-21-18-2-1-7-22-25(16)18/h1-4,7,10-11,14,26H,5-6,8-9,12H2,(H,23,27). The molecule has 3 heterocycles. The predicted molar refractivity (Wildman–Crippen MR) is 96.8 cm³/mol. The lowest BCUT2D eigenvalue weighted by atomic mass is 10.0. The normalized spacial score (nSPS) is 15.9. The van der Waals surface area contributed by atoms with Gasteiger partial charge in [0.15, 0.2) is 17.2 Å². The van der Waals surface area contributed by atoms with Crippen LogP contribution in [0, 0.1) is 5.82 Å². The number of nitrogens with one attached hydrogen (secondary N) is 1. The minimum atomic E-state index is -0.609. The number of piperidine rings is 1. The van der Waals surface area contributed by atoms with Crippen LogP contribution in [0.1, 0.15) is 28.9 Å². The molecule has 8 heteroatoms. The summed E-state index contributed by atoms with van der Waals surface area (Å²) in [7, 11) is 0. The summed E-state index contributed by atoms with van der Waals surface area (Å²) in [6.45, 7) is 2.27. The molecule has 1 aliphatic heterocycles. The Morgan fingerprint density at radius 2 is 2.11 bits per heavy atom. The first-order chi connectivity index (χ1) is 13.1. The number of halogens is 1. The summed E-state index contributed by atoms with van der Waals surface area (Å²) in [5.74, 6) is -1.11. The number of carbonyl (C=O) groups excluding carboxylic acids is 1. The number of imidazole rings is 1. The zero-order valence-corrected chi connectivity index (χ0v) is 14.7. The van der Waals surface area contributed by atoms with Crippen molar-refractivity contribution in [3.8, 4) is 5.75 Å². The van der Waals surface area contributed by atoms with Gasteiger partial charge in [0.05, 0.1) is 6.20 Å². The topological polar surface area (TPSA) is 82.8 Å². The highest BCUT2D eigenvalue weighted by atomic mass is 19.1. The van der Waals surface area contributed by atoms with Crippen LogP contribution in [0.15, 0.2) is 42.7 Å². The summed E-state index contributed by atoms with van der Waals surface area (Å²) in [4.78, 5) is 19.0. The van der Waals surface area contributed by atoms with E-state index in [9.17, 15) is 14.3 Å². The fourth-order valence-electron chi connectivity index (χ4n) is 3.39. The first kappa shape index (κ1) is 17.4. The molecule has 0 saturated carbocycles. The van der Waals surface area contributed by atoms with Gasteiger partial charge in [-0.05, 0) is 42.7 Å². The van der Waals surface area contributed by atoms with Crippen LogP contribution in [0.5, 0.6) is 5.75 Å². The van der Waals surface area contributed by atoms with Crippen LogP contribution in [-0.2, 0) is 6.54 Å². The fraction of sp³-hybridized carbons (Fsp3) is 0.316. The summed E-state index contributed by atoms with van der Waals surface area (Å²) in [6.07, 6.45) is 4.80. The maximum atomic E-state index is 13.1. The van der Waals surface area contributed by atoms with Crippen LogP contribution in [0.3, 0.4) is 0 Å². The van der Waals surface area contributed by atoms with E-state index < -0.39 is 5.82 Å². The smallest absolute Gasteiger partial charge is 0.271 e. The van der Waals surface area contributed by atoms with Crippen molar-refractivity contribution < 1.29 is 14.3 Å². The number of hydrogen-bond acceptors (Lipinski definition) is 5. The largest absolute Gasteiger partial charge is 0.505 e. The van der Waals surface area contributed by atoms with E-state index in [1.165, 1.54) is 22.8 Å². The highest BCUT2D eigenvalue weighted by Crippen LogP contribution is 2.20. The molecule has 1 fully saturated rings. The van der Waals surface area contributed by atoms with Crippen molar-refractivity contribution in [1.82, 2.24) is 24.8 Å². The van der Waals surface area contributed by atoms with E-state index in [-0.39, 0.29) is 17.7 Å². The Hall–Kier alpha value is -3.00. The van der Waals surface area contributed by atoms with Crippen molar-refractivity contribution in [2.75, 3.05) is 13.1 Å². The quantitative estimate of drug-likeness (QED) is 0.735. The number of likely N-dealkylation sites (tertiary alicyclic amines) is 1. The van der Waals surface area contributed by atoms with E-state index in [1.54, 1.807) is 24.4 Å². The van der Waals surface area contributed by atoms with Gasteiger partial charge in [0, 0.05) is 31.9 Å². The maximum absolute atomic E-state index is 13.1. The molecule has 1 aromatic carbocycles. The number of rotatable bonds is 4. The van der Waals surface area contributed by atoms with Crippen LogP contribution >= 0.6 is 0 Å². The third-order valence-electron chi connectivity index (χ3n) is 4.85. The third-order valence-corrected chi connectivity index (χ3v) is 4.85. The number of carbonyl (C=O) groups is 1. The number of fused-ring (bicyclic) bond motifs is 1. The van der Waals surface area contributed by atoms with Crippen molar-refractivity contribution in [2.45, 2.75) is 25.4 Å². The van der Waals surface area contributed by atoms with Gasteiger partial charge in [0.1, 0.15) is 5.69 Å². The number of phenolic OH excluding ortho intramolecular Hbond substituents is 1. The van der Waals surface area contributed by atoms with Crippen molar-refractivity contribution in [2.24, 2.45) is 0 Å². The molecule has 1 saturated heterocycles. The van der Waals surface area contributed by atoms with Crippen LogP contribution in [-0.4, -0.2) is 49.6 Å². The molecule has 0 radical (unpaired) electrons. The Morgan fingerprint density at radius 1 is 1.30 bits per heavy atom. The van der Waals surface area contributed by atoms with Gasteiger partial charge in [-0.3, -0.25) is 9.69 Å². The SMILES string of the molecule is O=C(NC1CCN(Cc2ccc(F)c(O)c2)CC1)c1cnc2cccnn12. The van der Waals surface area contributed by atoms with E-state index in [0.29, 0.717) is 17.9 Å². The Kier molecular flexibility index (Phi) is 4.72. The van der Waals surface area contributed by atoms with E-state index in [1.807, 2.05) is 0 Å². The number of benzene rings is 1. The number of aromatic nitrogens is 3. The van der Waals surface area contributed by atoms with E-state index >= 15 is 0 Å². The average molecular weight is 369 g/mol. The number of aromatic hydroxyl groups is 1. The minimum Gasteiger partial charge on any atom is -0.505 e. The number of hydrogen-bond donors (Lipinski definition) is 2. The molecule has 0 spiro atoms. The monoisotopic (exact) mass is 369 g/mol. The van der Waals surface area contributed by atoms with Gasteiger partial charge in [0.2, 0.25) is 0 Å². The second-order valence-electron chi connectivity index (χ2n) is 6.75. The molecule has 27 heavy (non-hydrogen) atoms. The summed E-state index contributed by atoms with van der Waals surface area (Å²) in [5, 5.41) is 16.7. The fourth-order valence-corrected chi connectivity index (χ4v) is 3.39. The molecule has 1 amide bonds. The predicted octanol–water partition coefficient (Wildman–Crippen LogP) is 1.97. The molecule has 0 aliphatic carbocycles. The summed E-state index contributed by atoms with van der Waals surface area (Å²) < 4.78 is 14.7. The summed E-state index contributed by atoms with van der Waals surface area (Å²) in [6, 6.07) is 8.09. The molecule has 4 rings (SSSR count). The average Bonchev–Trinajstić information content (AvgIpc) is 3.11. The van der Waals surface area contributed by atoms with Crippen molar-refractivity contribution in [1.29, 1.82) is 0 Å². The first-order valence-corrected chi connectivity index (χ1v) is 8.89. The van der Waals surface area contributed by atoms with Crippen LogP contribution in [0.4, 0.5) is 4.39 Å². The molecule has 1 aliphatic rings. The Balaban J connectivity index is 1.32. The maximum Gasteiger partial charge on any atom is 0.271 e. The lowest BCUT2D eigenvalue weighted by molar-refractivity contribution is 0.0901. The van der Waals surface area contributed by atoms with E-state index in [2.05, 4.69) is 20.3 Å². The number of nitrogens with zero attached hydrogens (tertiary/aromatic N) is 4. The Bertz CT molecular complexity index is 966. The highest BCUT2D eigenvalue weighted by molar-refractivity contribution is 5.93. The van der Waals surface area contributed by atoms with Crippen LogP contribution in [0.2, 0.25) is 0 Å². The Morgan fingerprint density at radius 3 is 2.89 bits per heavy atom. The molecule has 0 atom stereocenters. The van der Waals surface area contributed by atoms with Crippen molar-refractivity contribution >= 4 is 11.6 Å².